The third-order valence-corrected chi connectivity index (χ3v) is 5.79. The Hall–Kier alpha value is -3.13. The maximum absolute atomic E-state index is 13.7. The van der Waals surface area contributed by atoms with Gasteiger partial charge < -0.3 is 14.6 Å². The Balaban J connectivity index is 1.50. The van der Waals surface area contributed by atoms with Crippen LogP contribution in [0.1, 0.15) is 27.1 Å². The van der Waals surface area contributed by atoms with Crippen molar-refractivity contribution in [3.05, 3.63) is 89.4 Å². The maximum atomic E-state index is 13.7. The molecule has 8 heteroatoms. The van der Waals surface area contributed by atoms with Gasteiger partial charge in [-0.25, -0.2) is 8.78 Å². The number of carbonyl (C=O) groups is 2. The van der Waals surface area contributed by atoms with Crippen molar-refractivity contribution in [1.82, 2.24) is 4.90 Å². The number of thioether (sulfide) groups is 1. The Labute approximate surface area is 169 Å². The molecule has 0 radical (unpaired) electrons. The first-order valence-corrected chi connectivity index (χ1v) is 9.86. The molecule has 0 spiro atoms. The van der Waals surface area contributed by atoms with E-state index in [9.17, 15) is 18.4 Å². The summed E-state index contributed by atoms with van der Waals surface area (Å²) in [5.74, 6) is -1.25. The zero-order chi connectivity index (χ0) is 20.4. The van der Waals surface area contributed by atoms with Crippen molar-refractivity contribution in [2.24, 2.45) is 0 Å². The first kappa shape index (κ1) is 19.2. The van der Waals surface area contributed by atoms with E-state index in [-0.39, 0.29) is 16.8 Å². The molecule has 1 aliphatic rings. The van der Waals surface area contributed by atoms with E-state index in [0.29, 0.717) is 18.1 Å². The Bertz CT molecular complexity index is 1020. The molecule has 1 aromatic heterocycles. The molecule has 2 heterocycles. The minimum atomic E-state index is -0.843. The maximum Gasteiger partial charge on any atom is 0.255 e. The van der Waals surface area contributed by atoms with Crippen molar-refractivity contribution < 1.29 is 22.8 Å². The number of amides is 2. The highest BCUT2D eigenvalue weighted by molar-refractivity contribution is 8.00. The molecule has 0 saturated carbocycles. The Morgan fingerprint density at radius 3 is 2.48 bits per heavy atom. The monoisotopic (exact) mass is 414 g/mol. The third kappa shape index (κ3) is 4.02. The number of nitrogens with one attached hydrogen (secondary N) is 1. The first-order valence-electron chi connectivity index (χ1n) is 8.81. The van der Waals surface area contributed by atoms with E-state index in [1.54, 1.807) is 41.5 Å². The predicted molar refractivity (Wildman–Crippen MR) is 105 cm³/mol. The molecule has 5 nitrogen and oxygen atoms in total. The van der Waals surface area contributed by atoms with Crippen LogP contribution in [-0.2, 0) is 11.3 Å². The lowest BCUT2D eigenvalue weighted by Crippen LogP contribution is -2.27. The molecular weight excluding hydrogens is 398 g/mol. The third-order valence-electron chi connectivity index (χ3n) is 4.53. The number of anilines is 1. The van der Waals surface area contributed by atoms with Gasteiger partial charge >= 0.3 is 0 Å². The second-order valence-electron chi connectivity index (χ2n) is 6.44. The second-order valence-corrected chi connectivity index (χ2v) is 7.51. The van der Waals surface area contributed by atoms with Crippen molar-refractivity contribution in [2.75, 3.05) is 11.1 Å². The number of para-hydroxylation sites is 1. The number of halogens is 2. The molecule has 29 heavy (non-hydrogen) atoms. The number of hydrogen-bond donors (Lipinski definition) is 1. The molecule has 4 rings (SSSR count). The van der Waals surface area contributed by atoms with Crippen LogP contribution in [0.25, 0.3) is 0 Å². The molecule has 1 fully saturated rings. The molecule has 0 bridgehead atoms. The van der Waals surface area contributed by atoms with Crippen molar-refractivity contribution >= 4 is 29.3 Å². The van der Waals surface area contributed by atoms with Crippen LogP contribution in [0.5, 0.6) is 0 Å². The van der Waals surface area contributed by atoms with E-state index in [2.05, 4.69) is 5.32 Å². The van der Waals surface area contributed by atoms with E-state index < -0.39 is 23.2 Å². The van der Waals surface area contributed by atoms with Gasteiger partial charge in [-0.15, -0.1) is 11.8 Å². The fraction of sp³-hybridized carbons (Fsp3) is 0.143. The largest absolute Gasteiger partial charge is 0.467 e. The highest BCUT2D eigenvalue weighted by Crippen LogP contribution is 2.39. The van der Waals surface area contributed by atoms with Crippen LogP contribution in [0.15, 0.2) is 65.3 Å². The molecule has 148 valence electrons. The average Bonchev–Trinajstić information content (AvgIpc) is 3.36. The van der Waals surface area contributed by atoms with E-state index in [1.807, 2.05) is 6.07 Å². The minimum Gasteiger partial charge on any atom is -0.467 e. The van der Waals surface area contributed by atoms with Gasteiger partial charge in [-0.3, -0.25) is 9.59 Å². The summed E-state index contributed by atoms with van der Waals surface area (Å²) in [7, 11) is 0. The summed E-state index contributed by atoms with van der Waals surface area (Å²) in [4.78, 5) is 26.3. The fourth-order valence-corrected chi connectivity index (χ4v) is 4.26. The predicted octanol–water partition coefficient (Wildman–Crippen LogP) is 4.58. The summed E-state index contributed by atoms with van der Waals surface area (Å²) in [6, 6.07) is 13.6. The Morgan fingerprint density at radius 2 is 1.83 bits per heavy atom. The average molecular weight is 414 g/mol. The highest BCUT2D eigenvalue weighted by atomic mass is 32.2. The van der Waals surface area contributed by atoms with Gasteiger partial charge in [0.2, 0.25) is 5.91 Å². The molecule has 1 aliphatic heterocycles. The molecular formula is C21H16F2N2O3S. The lowest BCUT2D eigenvalue weighted by molar-refractivity contribution is -0.128. The van der Waals surface area contributed by atoms with Crippen LogP contribution in [0.4, 0.5) is 14.5 Å². The molecule has 2 aromatic carbocycles. The van der Waals surface area contributed by atoms with Gasteiger partial charge in [-0.1, -0.05) is 18.2 Å². The lowest BCUT2D eigenvalue weighted by atomic mass is 10.1. The Kier molecular flexibility index (Phi) is 5.35. The number of furan rings is 1. The first-order chi connectivity index (χ1) is 14.0. The van der Waals surface area contributed by atoms with E-state index in [1.165, 1.54) is 17.8 Å². The molecule has 1 N–H and O–H groups in total. The van der Waals surface area contributed by atoms with Gasteiger partial charge in [-0.2, -0.15) is 0 Å². The summed E-state index contributed by atoms with van der Waals surface area (Å²) in [6.07, 6.45) is 1.56. The molecule has 2 amide bonds. The van der Waals surface area contributed by atoms with Gasteiger partial charge in [0.25, 0.3) is 5.91 Å². The van der Waals surface area contributed by atoms with Gasteiger partial charge in [0.05, 0.1) is 18.6 Å². The lowest BCUT2D eigenvalue weighted by Gasteiger charge is -2.23. The summed E-state index contributed by atoms with van der Waals surface area (Å²) in [6.45, 7) is 0.359. The van der Waals surface area contributed by atoms with Crippen LogP contribution < -0.4 is 5.32 Å². The van der Waals surface area contributed by atoms with Gasteiger partial charge in [0.15, 0.2) is 0 Å². The fourth-order valence-electron chi connectivity index (χ4n) is 3.07. The van der Waals surface area contributed by atoms with Crippen LogP contribution in [0, 0.1) is 11.6 Å². The standard InChI is InChI=1S/C21H16F2N2O3S/c22-16-4-1-5-17(23)19(16)24-20(27)13-6-8-14(9-7-13)21-25(18(26)12-29-21)11-15-3-2-10-28-15/h1-10,21H,11-12H2,(H,24,27). The van der Waals surface area contributed by atoms with Crippen molar-refractivity contribution in [1.29, 1.82) is 0 Å². The normalized spacial score (nSPS) is 16.3. The van der Waals surface area contributed by atoms with Crippen LogP contribution in [0.2, 0.25) is 0 Å². The quantitative estimate of drug-likeness (QED) is 0.664. The number of nitrogens with zero attached hydrogens (tertiary/aromatic N) is 1. The molecule has 0 aliphatic carbocycles. The summed E-state index contributed by atoms with van der Waals surface area (Å²) in [5, 5.41) is 2.06. The van der Waals surface area contributed by atoms with Gasteiger partial charge in [0.1, 0.15) is 28.5 Å². The van der Waals surface area contributed by atoms with Crippen LogP contribution in [0.3, 0.4) is 0 Å². The number of benzene rings is 2. The summed E-state index contributed by atoms with van der Waals surface area (Å²) < 4.78 is 32.8. The summed E-state index contributed by atoms with van der Waals surface area (Å²) >= 11 is 1.49. The van der Waals surface area contributed by atoms with Gasteiger partial charge in [0, 0.05) is 5.56 Å². The van der Waals surface area contributed by atoms with E-state index >= 15 is 0 Å². The van der Waals surface area contributed by atoms with E-state index in [4.69, 9.17) is 4.42 Å². The van der Waals surface area contributed by atoms with Crippen molar-refractivity contribution in [3.63, 3.8) is 0 Å². The number of rotatable bonds is 5. The van der Waals surface area contributed by atoms with Gasteiger partial charge in [-0.05, 0) is 42.0 Å². The molecule has 1 saturated heterocycles. The summed E-state index contributed by atoms with van der Waals surface area (Å²) in [5.41, 5.74) is 0.618. The van der Waals surface area contributed by atoms with Crippen molar-refractivity contribution in [2.45, 2.75) is 11.9 Å². The topological polar surface area (TPSA) is 62.6 Å². The van der Waals surface area contributed by atoms with Crippen LogP contribution in [-0.4, -0.2) is 22.5 Å². The number of hydrogen-bond acceptors (Lipinski definition) is 4. The second kappa shape index (κ2) is 8.08. The van der Waals surface area contributed by atoms with E-state index in [0.717, 1.165) is 17.7 Å². The molecule has 1 atom stereocenters. The minimum absolute atomic E-state index is 0.00764. The van der Waals surface area contributed by atoms with Crippen LogP contribution >= 0.6 is 11.8 Å². The zero-order valence-electron chi connectivity index (χ0n) is 15.1. The smallest absolute Gasteiger partial charge is 0.255 e. The molecule has 1 unspecified atom stereocenters. The molecule has 3 aromatic rings. The van der Waals surface area contributed by atoms with Crippen molar-refractivity contribution in [3.8, 4) is 0 Å². The SMILES string of the molecule is O=C(Nc1c(F)cccc1F)c1ccc(C2SCC(=O)N2Cc2ccco2)cc1. The highest BCUT2D eigenvalue weighted by Gasteiger charge is 2.33. The Morgan fingerprint density at radius 1 is 1.10 bits per heavy atom. The number of carbonyl (C=O) groups excluding carboxylic acids is 2. The zero-order valence-corrected chi connectivity index (χ0v) is 15.9.